The summed E-state index contributed by atoms with van der Waals surface area (Å²) in [5.41, 5.74) is -1.84. The van der Waals surface area contributed by atoms with Crippen LogP contribution in [-0.4, -0.2) is 27.4 Å². The lowest BCUT2D eigenvalue weighted by Gasteiger charge is -2.12. The smallest absolute Gasteiger partial charge is 0.300 e. The number of unbranched alkanes of at least 4 members (excludes halogenated alkanes) is 2. The van der Waals surface area contributed by atoms with Crippen LogP contribution in [0.25, 0.3) is 0 Å². The monoisotopic (exact) mass is 486 g/mol. The average molecular weight is 487 g/mol. The highest BCUT2D eigenvalue weighted by molar-refractivity contribution is 5.02. The Morgan fingerprint density at radius 2 is 1.03 bits per heavy atom. The van der Waals surface area contributed by atoms with Gasteiger partial charge in [-0.3, -0.25) is 28.1 Å². The van der Waals surface area contributed by atoms with Gasteiger partial charge < -0.3 is 13.7 Å². The lowest BCUT2D eigenvalue weighted by atomic mass is 10.2. The maximum Gasteiger partial charge on any atom is 0.330 e. The Bertz CT molecular complexity index is 1570. The molecule has 3 heterocycles. The van der Waals surface area contributed by atoms with Crippen molar-refractivity contribution in [2.45, 2.75) is 58.8 Å². The van der Waals surface area contributed by atoms with Gasteiger partial charge in [-0.2, -0.15) is 0 Å². The van der Waals surface area contributed by atoms with Crippen molar-refractivity contribution in [2.24, 2.45) is 14.1 Å². The van der Waals surface area contributed by atoms with E-state index < -0.39 is 11.4 Å². The Kier molecular flexibility index (Phi) is 8.05. The van der Waals surface area contributed by atoms with E-state index in [1.54, 1.807) is 13.1 Å². The number of rotatable bonds is 10. The van der Waals surface area contributed by atoms with Crippen LogP contribution in [0.2, 0.25) is 0 Å². The van der Waals surface area contributed by atoms with Gasteiger partial charge in [-0.05, 0) is 32.6 Å². The van der Waals surface area contributed by atoms with Gasteiger partial charge in [-0.1, -0.05) is 0 Å². The molecule has 3 aromatic heterocycles. The fourth-order valence-corrected chi connectivity index (χ4v) is 3.85. The molecule has 12 nitrogen and oxygen atoms in total. The standard InChI is InChI=1S/C23H30N6O6/c1-17-16-28(12-5-4-10-26-14-8-18(30)24(2)21(26)33)23(35)29(20(17)32)13-7-6-11-27-15-9-19(31)25(3)22(27)34/h8-9,14-16H,4-7,10-13H2,1-3H3. The van der Waals surface area contributed by atoms with Gasteiger partial charge in [0.1, 0.15) is 0 Å². The van der Waals surface area contributed by atoms with E-state index in [4.69, 9.17) is 0 Å². The fraction of sp³-hybridized carbons (Fsp3) is 0.478. The number of aryl methyl sites for hydroxylation is 4. The summed E-state index contributed by atoms with van der Waals surface area (Å²) in [5.74, 6) is 0. The van der Waals surface area contributed by atoms with E-state index >= 15 is 0 Å². The van der Waals surface area contributed by atoms with Crippen molar-refractivity contribution in [3.63, 3.8) is 0 Å². The van der Waals surface area contributed by atoms with E-state index in [0.717, 1.165) is 9.13 Å². The van der Waals surface area contributed by atoms with Crippen LogP contribution in [0.4, 0.5) is 0 Å². The summed E-state index contributed by atoms with van der Waals surface area (Å²) < 4.78 is 7.65. The van der Waals surface area contributed by atoms with Crippen LogP contribution in [0.3, 0.4) is 0 Å². The van der Waals surface area contributed by atoms with Crippen molar-refractivity contribution < 1.29 is 0 Å². The third-order valence-electron chi connectivity index (χ3n) is 6.01. The second kappa shape index (κ2) is 11.0. The van der Waals surface area contributed by atoms with Crippen molar-refractivity contribution in [1.82, 2.24) is 27.4 Å². The van der Waals surface area contributed by atoms with Gasteiger partial charge in [0, 0.05) is 76.6 Å². The molecule has 0 atom stereocenters. The molecule has 0 amide bonds. The van der Waals surface area contributed by atoms with Crippen LogP contribution >= 0.6 is 0 Å². The summed E-state index contributed by atoms with van der Waals surface area (Å²) in [6.45, 7) is 3.03. The lowest BCUT2D eigenvalue weighted by molar-refractivity contribution is 0.471. The van der Waals surface area contributed by atoms with Gasteiger partial charge in [0.15, 0.2) is 0 Å². The predicted molar refractivity (Wildman–Crippen MR) is 130 cm³/mol. The minimum atomic E-state index is -0.410. The van der Waals surface area contributed by atoms with E-state index in [2.05, 4.69) is 0 Å². The van der Waals surface area contributed by atoms with Crippen LogP contribution in [0.15, 0.2) is 59.5 Å². The molecular formula is C23H30N6O6. The Labute approximate surface area is 199 Å². The molecule has 0 aliphatic rings. The molecule has 0 unspecified atom stereocenters. The topological polar surface area (TPSA) is 132 Å². The van der Waals surface area contributed by atoms with Gasteiger partial charge in [0.05, 0.1) is 0 Å². The first-order chi connectivity index (χ1) is 16.6. The van der Waals surface area contributed by atoms with Crippen LogP contribution in [0, 0.1) is 6.92 Å². The number of hydrogen-bond acceptors (Lipinski definition) is 6. The lowest BCUT2D eigenvalue weighted by Crippen LogP contribution is -2.41. The molecule has 3 aromatic rings. The normalized spacial score (nSPS) is 11.2. The van der Waals surface area contributed by atoms with Gasteiger partial charge in [-0.25, -0.2) is 14.4 Å². The molecule has 0 aliphatic carbocycles. The first-order valence-electron chi connectivity index (χ1n) is 11.5. The third-order valence-corrected chi connectivity index (χ3v) is 6.01. The van der Waals surface area contributed by atoms with E-state index in [-0.39, 0.29) is 28.9 Å². The maximum absolute atomic E-state index is 12.9. The first kappa shape index (κ1) is 25.7. The van der Waals surface area contributed by atoms with E-state index in [9.17, 15) is 28.8 Å². The summed E-state index contributed by atoms with van der Waals surface area (Å²) in [6.07, 6.45) is 6.71. The van der Waals surface area contributed by atoms with Crippen LogP contribution in [0.1, 0.15) is 31.2 Å². The van der Waals surface area contributed by atoms with Crippen molar-refractivity contribution in [2.75, 3.05) is 0 Å². The second-order valence-corrected chi connectivity index (χ2v) is 8.54. The number of hydrogen-bond donors (Lipinski definition) is 0. The van der Waals surface area contributed by atoms with Crippen molar-refractivity contribution in [3.8, 4) is 0 Å². The highest BCUT2D eigenvalue weighted by atomic mass is 16.2. The molecule has 0 bridgehead atoms. The molecule has 0 N–H and O–H groups in total. The van der Waals surface area contributed by atoms with Gasteiger partial charge in [0.2, 0.25) is 0 Å². The SMILES string of the molecule is Cc1cn(CCCCn2ccc(=O)n(C)c2=O)c(=O)n(CCCCn2ccc(=O)n(C)c2=O)c1=O. The maximum atomic E-state index is 12.9. The van der Waals surface area contributed by atoms with E-state index in [0.29, 0.717) is 50.9 Å². The van der Waals surface area contributed by atoms with Crippen molar-refractivity contribution in [1.29, 1.82) is 0 Å². The molecule has 188 valence electrons. The third kappa shape index (κ3) is 5.76. The van der Waals surface area contributed by atoms with Crippen LogP contribution in [-0.2, 0) is 40.3 Å². The molecule has 0 aliphatic heterocycles. The first-order valence-corrected chi connectivity index (χ1v) is 11.5. The predicted octanol–water partition coefficient (Wildman–Crippen LogP) is -1.000. The van der Waals surface area contributed by atoms with Crippen LogP contribution in [0.5, 0.6) is 0 Å². The minimum Gasteiger partial charge on any atom is -0.300 e. The quantitative estimate of drug-likeness (QED) is 0.338. The second-order valence-electron chi connectivity index (χ2n) is 8.54. The molecule has 0 saturated carbocycles. The highest BCUT2D eigenvalue weighted by Gasteiger charge is 2.09. The zero-order valence-electron chi connectivity index (χ0n) is 20.2. The summed E-state index contributed by atoms with van der Waals surface area (Å²) in [4.78, 5) is 72.6. The van der Waals surface area contributed by atoms with E-state index in [1.807, 2.05) is 0 Å². The van der Waals surface area contributed by atoms with Crippen molar-refractivity contribution >= 4 is 0 Å². The fourth-order valence-electron chi connectivity index (χ4n) is 3.85. The van der Waals surface area contributed by atoms with Gasteiger partial charge >= 0.3 is 17.1 Å². The molecular weight excluding hydrogens is 456 g/mol. The summed E-state index contributed by atoms with van der Waals surface area (Å²) in [7, 11) is 2.84. The zero-order valence-corrected chi connectivity index (χ0v) is 20.2. The van der Waals surface area contributed by atoms with Gasteiger partial charge in [0.25, 0.3) is 16.7 Å². The highest BCUT2D eigenvalue weighted by Crippen LogP contribution is 1.99. The Morgan fingerprint density at radius 3 is 1.51 bits per heavy atom. The summed E-state index contributed by atoms with van der Waals surface area (Å²) >= 11 is 0. The zero-order chi connectivity index (χ0) is 25.7. The molecule has 0 fully saturated rings. The molecule has 0 aromatic carbocycles. The number of nitrogens with zero attached hydrogens (tertiary/aromatic N) is 6. The molecule has 0 saturated heterocycles. The Morgan fingerprint density at radius 1 is 0.600 bits per heavy atom. The Balaban J connectivity index is 1.61. The minimum absolute atomic E-state index is 0.216. The van der Waals surface area contributed by atoms with Crippen molar-refractivity contribution in [3.05, 3.63) is 98.8 Å². The molecule has 35 heavy (non-hydrogen) atoms. The van der Waals surface area contributed by atoms with Crippen LogP contribution < -0.4 is 33.7 Å². The summed E-state index contributed by atoms with van der Waals surface area (Å²) in [5, 5.41) is 0. The molecule has 0 radical (unpaired) electrons. The molecule has 3 rings (SSSR count). The van der Waals surface area contributed by atoms with Gasteiger partial charge in [-0.15, -0.1) is 0 Å². The average Bonchev–Trinajstić information content (AvgIpc) is 2.83. The van der Waals surface area contributed by atoms with E-state index in [1.165, 1.54) is 56.9 Å². The Hall–Kier alpha value is -3.96. The largest absolute Gasteiger partial charge is 0.330 e. The molecule has 12 heteroatoms. The molecule has 0 spiro atoms. The number of aromatic nitrogens is 6. The summed E-state index contributed by atoms with van der Waals surface area (Å²) in [6, 6.07) is 2.65.